The molecule has 3 rings (SSSR count). The first-order chi connectivity index (χ1) is 12.2. The van der Waals surface area contributed by atoms with Crippen LogP contribution in [0, 0.1) is 0 Å². The summed E-state index contributed by atoms with van der Waals surface area (Å²) in [5.74, 6) is 0.276. The van der Waals surface area contributed by atoms with E-state index in [0.29, 0.717) is 31.0 Å². The lowest BCUT2D eigenvalue weighted by atomic mass is 10.2. The molecule has 3 heterocycles. The third-order valence-corrected chi connectivity index (χ3v) is 4.27. The number of piperazine rings is 1. The standard InChI is InChI=1S/C18H22N4O3/c23-17(15-4-7-19-8-5-15)20-6-2-9-21-10-12-22(13-11-21)18(24)16-3-1-14-25-16/h1,3-5,7-8,14H,2,6,9-13H2,(H,20,23). The van der Waals surface area contributed by atoms with Gasteiger partial charge in [-0.3, -0.25) is 19.5 Å². The van der Waals surface area contributed by atoms with Gasteiger partial charge in [-0.1, -0.05) is 0 Å². The van der Waals surface area contributed by atoms with Crippen molar-refractivity contribution >= 4 is 11.8 Å². The molecule has 1 aliphatic heterocycles. The minimum atomic E-state index is -0.0729. The van der Waals surface area contributed by atoms with Crippen LogP contribution in [-0.4, -0.2) is 65.9 Å². The molecule has 132 valence electrons. The van der Waals surface area contributed by atoms with E-state index in [0.717, 1.165) is 26.1 Å². The number of amides is 2. The van der Waals surface area contributed by atoms with Crippen molar-refractivity contribution in [2.45, 2.75) is 6.42 Å². The van der Waals surface area contributed by atoms with Crippen molar-refractivity contribution in [3.8, 4) is 0 Å². The number of pyridine rings is 1. The molecular formula is C18H22N4O3. The number of furan rings is 1. The lowest BCUT2D eigenvalue weighted by molar-refractivity contribution is 0.0604. The van der Waals surface area contributed by atoms with Gasteiger partial charge in [-0.15, -0.1) is 0 Å². The summed E-state index contributed by atoms with van der Waals surface area (Å²) < 4.78 is 5.16. The van der Waals surface area contributed by atoms with Crippen LogP contribution in [-0.2, 0) is 0 Å². The van der Waals surface area contributed by atoms with Crippen molar-refractivity contribution in [2.24, 2.45) is 0 Å². The minimum Gasteiger partial charge on any atom is -0.459 e. The number of nitrogens with one attached hydrogen (secondary N) is 1. The van der Waals surface area contributed by atoms with Gasteiger partial charge in [0, 0.05) is 50.7 Å². The van der Waals surface area contributed by atoms with Gasteiger partial charge >= 0.3 is 0 Å². The molecule has 25 heavy (non-hydrogen) atoms. The predicted molar refractivity (Wildman–Crippen MR) is 92.2 cm³/mol. The second-order valence-corrected chi connectivity index (χ2v) is 5.96. The maximum Gasteiger partial charge on any atom is 0.289 e. The summed E-state index contributed by atoms with van der Waals surface area (Å²) in [4.78, 5) is 32.1. The monoisotopic (exact) mass is 342 g/mol. The molecule has 0 unspecified atom stereocenters. The Kier molecular flexibility index (Phi) is 5.79. The van der Waals surface area contributed by atoms with Crippen LogP contribution in [0.2, 0.25) is 0 Å². The zero-order valence-corrected chi connectivity index (χ0v) is 14.1. The maximum atomic E-state index is 12.2. The highest BCUT2D eigenvalue weighted by atomic mass is 16.3. The molecule has 7 nitrogen and oxygen atoms in total. The lowest BCUT2D eigenvalue weighted by Crippen LogP contribution is -2.49. The fraction of sp³-hybridized carbons (Fsp3) is 0.389. The Morgan fingerprint density at radius 1 is 1.12 bits per heavy atom. The van der Waals surface area contributed by atoms with E-state index in [-0.39, 0.29) is 11.8 Å². The molecule has 2 amide bonds. The zero-order chi connectivity index (χ0) is 17.5. The van der Waals surface area contributed by atoms with E-state index in [9.17, 15) is 9.59 Å². The zero-order valence-electron chi connectivity index (χ0n) is 14.1. The number of carbonyl (C=O) groups is 2. The number of hydrogen-bond acceptors (Lipinski definition) is 5. The quantitative estimate of drug-likeness (QED) is 0.800. The van der Waals surface area contributed by atoms with Gasteiger partial charge in [-0.2, -0.15) is 0 Å². The van der Waals surface area contributed by atoms with Crippen LogP contribution >= 0.6 is 0 Å². The molecule has 7 heteroatoms. The lowest BCUT2D eigenvalue weighted by Gasteiger charge is -2.34. The van der Waals surface area contributed by atoms with Gasteiger partial charge in [-0.25, -0.2) is 0 Å². The van der Waals surface area contributed by atoms with Crippen molar-refractivity contribution < 1.29 is 14.0 Å². The Labute approximate surface area is 146 Å². The Morgan fingerprint density at radius 3 is 2.56 bits per heavy atom. The summed E-state index contributed by atoms with van der Waals surface area (Å²) in [5.41, 5.74) is 0.625. The van der Waals surface area contributed by atoms with Gasteiger partial charge < -0.3 is 14.6 Å². The summed E-state index contributed by atoms with van der Waals surface area (Å²) in [5, 5.41) is 2.91. The molecule has 0 spiro atoms. The van der Waals surface area contributed by atoms with Gasteiger partial charge in [0.05, 0.1) is 6.26 Å². The maximum absolute atomic E-state index is 12.2. The van der Waals surface area contributed by atoms with Crippen molar-refractivity contribution in [1.29, 1.82) is 0 Å². The Bertz CT molecular complexity index is 680. The number of rotatable bonds is 6. The SMILES string of the molecule is O=C(NCCCN1CCN(C(=O)c2ccco2)CC1)c1ccncc1. The summed E-state index contributed by atoms with van der Waals surface area (Å²) in [7, 11) is 0. The molecule has 0 radical (unpaired) electrons. The highest BCUT2D eigenvalue weighted by molar-refractivity contribution is 5.94. The molecule has 0 bridgehead atoms. The average Bonchev–Trinajstić information content (AvgIpc) is 3.20. The van der Waals surface area contributed by atoms with E-state index < -0.39 is 0 Å². The van der Waals surface area contributed by atoms with Crippen LogP contribution < -0.4 is 5.32 Å². The number of hydrogen-bond donors (Lipinski definition) is 1. The summed E-state index contributed by atoms with van der Waals surface area (Å²) in [6.07, 6.45) is 5.61. The largest absolute Gasteiger partial charge is 0.459 e. The molecule has 2 aromatic rings. The van der Waals surface area contributed by atoms with Crippen molar-refractivity contribution in [2.75, 3.05) is 39.3 Å². The number of carbonyl (C=O) groups excluding carboxylic acids is 2. The van der Waals surface area contributed by atoms with Crippen LogP contribution in [0.5, 0.6) is 0 Å². The van der Waals surface area contributed by atoms with Crippen molar-refractivity contribution in [3.63, 3.8) is 0 Å². The molecular weight excluding hydrogens is 320 g/mol. The first-order valence-electron chi connectivity index (χ1n) is 8.47. The van der Waals surface area contributed by atoms with E-state index in [1.807, 2.05) is 4.90 Å². The van der Waals surface area contributed by atoms with Crippen LogP contribution in [0.3, 0.4) is 0 Å². The smallest absolute Gasteiger partial charge is 0.289 e. The Hall–Kier alpha value is -2.67. The van der Waals surface area contributed by atoms with Gasteiger partial charge in [0.25, 0.3) is 11.8 Å². The summed E-state index contributed by atoms with van der Waals surface area (Å²) >= 11 is 0. The molecule has 0 saturated carbocycles. The molecule has 0 aromatic carbocycles. The van der Waals surface area contributed by atoms with Gasteiger partial charge in [0.2, 0.25) is 0 Å². The normalized spacial score (nSPS) is 15.1. The van der Waals surface area contributed by atoms with Gasteiger partial charge in [0.1, 0.15) is 0 Å². The van der Waals surface area contributed by atoms with Crippen LogP contribution in [0.15, 0.2) is 47.3 Å². The molecule has 2 aromatic heterocycles. The Balaban J connectivity index is 1.33. The van der Waals surface area contributed by atoms with Crippen molar-refractivity contribution in [3.05, 3.63) is 54.2 Å². The van der Waals surface area contributed by atoms with E-state index >= 15 is 0 Å². The topological polar surface area (TPSA) is 78.7 Å². The molecule has 1 fully saturated rings. The molecule has 1 aliphatic rings. The van der Waals surface area contributed by atoms with E-state index in [1.165, 1.54) is 6.26 Å². The van der Waals surface area contributed by atoms with E-state index in [1.54, 1.807) is 36.7 Å². The van der Waals surface area contributed by atoms with Gasteiger partial charge in [-0.05, 0) is 37.2 Å². The molecule has 1 saturated heterocycles. The highest BCUT2D eigenvalue weighted by Gasteiger charge is 2.23. The van der Waals surface area contributed by atoms with Crippen LogP contribution in [0.4, 0.5) is 0 Å². The molecule has 0 atom stereocenters. The minimum absolute atomic E-state index is 0.0470. The Morgan fingerprint density at radius 2 is 1.88 bits per heavy atom. The first-order valence-corrected chi connectivity index (χ1v) is 8.47. The second kappa shape index (κ2) is 8.43. The third kappa shape index (κ3) is 4.67. The van der Waals surface area contributed by atoms with E-state index in [4.69, 9.17) is 4.42 Å². The first kappa shape index (κ1) is 17.2. The van der Waals surface area contributed by atoms with E-state index in [2.05, 4.69) is 15.2 Å². The predicted octanol–water partition coefficient (Wildman–Crippen LogP) is 1.25. The number of aromatic nitrogens is 1. The van der Waals surface area contributed by atoms with Crippen LogP contribution in [0.25, 0.3) is 0 Å². The average molecular weight is 342 g/mol. The summed E-state index contributed by atoms with van der Waals surface area (Å²) in [6.45, 7) is 4.60. The van der Waals surface area contributed by atoms with Crippen LogP contribution in [0.1, 0.15) is 27.3 Å². The molecule has 1 N–H and O–H groups in total. The van der Waals surface area contributed by atoms with Gasteiger partial charge in [0.15, 0.2) is 5.76 Å². The second-order valence-electron chi connectivity index (χ2n) is 5.96. The number of nitrogens with zero attached hydrogens (tertiary/aromatic N) is 3. The fourth-order valence-electron chi connectivity index (χ4n) is 2.84. The molecule has 0 aliphatic carbocycles. The van der Waals surface area contributed by atoms with Crippen molar-refractivity contribution in [1.82, 2.24) is 20.1 Å². The summed E-state index contributed by atoms with van der Waals surface area (Å²) in [6, 6.07) is 6.82. The fourth-order valence-corrected chi connectivity index (χ4v) is 2.84. The third-order valence-electron chi connectivity index (χ3n) is 4.27. The highest BCUT2D eigenvalue weighted by Crippen LogP contribution is 2.09.